The summed E-state index contributed by atoms with van der Waals surface area (Å²) >= 11 is 3.70. The van der Waals surface area contributed by atoms with Gasteiger partial charge < -0.3 is 51.0 Å². The zero-order valence-corrected chi connectivity index (χ0v) is 9.31. The fraction of sp³-hybridized carbons (Fsp3) is 0. The molecule has 0 spiro atoms. The van der Waals surface area contributed by atoms with E-state index in [1.165, 1.54) is 5.40 Å². The van der Waals surface area contributed by atoms with E-state index in [0.29, 0.717) is 0 Å². The summed E-state index contributed by atoms with van der Waals surface area (Å²) in [7, 11) is 0. The molecule has 14 N–H and O–H groups in total. The first-order chi connectivity index (χ1) is 1.41. The van der Waals surface area contributed by atoms with Crippen molar-refractivity contribution in [3.05, 3.63) is 0 Å². The molecule has 0 aromatic heterocycles. The van der Waals surface area contributed by atoms with Crippen LogP contribution in [0.15, 0.2) is 0 Å². The molecule has 0 saturated heterocycles. The minimum Gasteiger partial charge on any atom is -0.696 e. The van der Waals surface area contributed by atoms with Crippen LogP contribution in [0.3, 0.4) is 0 Å². The summed E-state index contributed by atoms with van der Waals surface area (Å²) in [5, 5.41) is 8.47. The second-order valence-electron chi connectivity index (χ2n) is 0.0913. The molecule has 0 rings (SSSR count). The van der Waals surface area contributed by atoms with Gasteiger partial charge in [-0.3, -0.25) is 0 Å². The van der Waals surface area contributed by atoms with Crippen LogP contribution in [-0.4, -0.2) is 38.3 Å². The Balaban J connectivity index is -0.000000000714. The van der Waals surface area contributed by atoms with E-state index in [4.69, 9.17) is 5.26 Å². The van der Waals surface area contributed by atoms with Crippen LogP contribution in [0.5, 0.6) is 0 Å². The maximum atomic E-state index is 7.13. The summed E-state index contributed by atoms with van der Waals surface area (Å²) in [5.74, 6) is 0. The van der Waals surface area contributed by atoms with E-state index < -0.39 is 0 Å². The minimum absolute atomic E-state index is 0. The van der Waals surface area contributed by atoms with Gasteiger partial charge in [-0.25, -0.2) is 5.26 Å². The Labute approximate surface area is 103 Å². The van der Waals surface area contributed by atoms with Crippen molar-refractivity contribution in [1.29, 1.82) is 5.26 Å². The number of nitrogens with zero attached hydrogens (tertiary/aromatic N) is 1. The fourth-order valence-corrected chi connectivity index (χ4v) is 0. The predicted octanol–water partition coefficient (Wildman–Crippen LogP) is -5.76. The van der Waals surface area contributed by atoms with E-state index in [2.05, 4.69) is 12.6 Å². The second-order valence-corrected chi connectivity index (χ2v) is 0.274. The largest absolute Gasteiger partial charge is 0.696 e. The molecule has 0 bridgehead atoms. The monoisotopic (exact) mass is 324 g/mol. The standard InChI is InChI=1S/CHNS.Ce.7H2O/c2-1-3;;;;;;;;/h3H;;7*1H2/p-1. The van der Waals surface area contributed by atoms with Crippen molar-refractivity contribution in [3.8, 4) is 5.40 Å². The van der Waals surface area contributed by atoms with Crippen LogP contribution in [0.2, 0.25) is 0 Å². The third-order valence-corrected chi connectivity index (χ3v) is 0. The Hall–Kier alpha value is 0.807. The van der Waals surface area contributed by atoms with E-state index in [-0.39, 0.29) is 80.1 Å². The van der Waals surface area contributed by atoms with Gasteiger partial charge in [-0.2, -0.15) is 0 Å². The molecule has 0 fully saturated rings. The predicted molar refractivity (Wildman–Crippen MR) is 38.3 cm³/mol. The second kappa shape index (κ2) is 318. The summed E-state index contributed by atoms with van der Waals surface area (Å²) in [6.45, 7) is 0. The molecular formula is CH14CeNO7S-. The zero-order valence-electron chi connectivity index (χ0n) is 5.36. The fourth-order valence-electron chi connectivity index (χ4n) is 0. The molecule has 0 radical (unpaired) electrons. The summed E-state index contributed by atoms with van der Waals surface area (Å²) < 4.78 is 0. The topological polar surface area (TPSA) is 244 Å². The average molecular weight is 324 g/mol. The number of rotatable bonds is 0. The molecule has 0 atom stereocenters. The van der Waals surface area contributed by atoms with Crippen LogP contribution in [-0.2, 0) is 12.6 Å². The summed E-state index contributed by atoms with van der Waals surface area (Å²) in [6, 6.07) is 0. The molecule has 0 aromatic carbocycles. The van der Waals surface area contributed by atoms with Crippen molar-refractivity contribution < 1.29 is 80.1 Å². The van der Waals surface area contributed by atoms with E-state index in [1.807, 2.05) is 0 Å². The van der Waals surface area contributed by atoms with Gasteiger partial charge in [0, 0.05) is 41.7 Å². The Bertz CT molecular complexity index is 39.9. The quantitative estimate of drug-likeness (QED) is 0.312. The van der Waals surface area contributed by atoms with Gasteiger partial charge in [0.15, 0.2) is 0 Å². The van der Waals surface area contributed by atoms with E-state index in [0.717, 1.165) is 0 Å². The summed E-state index contributed by atoms with van der Waals surface area (Å²) in [4.78, 5) is 0. The van der Waals surface area contributed by atoms with Crippen LogP contribution in [0.25, 0.3) is 0 Å². The van der Waals surface area contributed by atoms with Crippen LogP contribution >= 0.6 is 0 Å². The van der Waals surface area contributed by atoms with Gasteiger partial charge in [-0.05, 0) is 0 Å². The van der Waals surface area contributed by atoms with E-state index in [9.17, 15) is 0 Å². The van der Waals surface area contributed by atoms with Crippen molar-refractivity contribution in [2.24, 2.45) is 0 Å². The maximum Gasteiger partial charge on any atom is 0 e. The molecule has 0 aromatic rings. The smallest absolute Gasteiger partial charge is 0 e. The van der Waals surface area contributed by atoms with E-state index in [1.54, 1.807) is 0 Å². The normalized spacial score (nSPS) is 0.636. The summed E-state index contributed by atoms with van der Waals surface area (Å²) in [6.07, 6.45) is 0. The molecule has 0 amide bonds. The Kier molecular flexibility index (Phi) is 5070. The molecule has 76 valence electrons. The molecule has 0 aliphatic carbocycles. The average Bonchev–Trinajstić information content (AvgIpc) is 0.918. The van der Waals surface area contributed by atoms with E-state index >= 15 is 0 Å². The van der Waals surface area contributed by atoms with Gasteiger partial charge in [0.25, 0.3) is 0 Å². The van der Waals surface area contributed by atoms with Crippen molar-refractivity contribution >= 4 is 12.6 Å². The third-order valence-electron chi connectivity index (χ3n) is 0. The first kappa shape index (κ1) is 175. The minimum atomic E-state index is 0. The molecule has 0 aliphatic heterocycles. The first-order valence-electron chi connectivity index (χ1n) is 0.428. The van der Waals surface area contributed by atoms with Crippen LogP contribution in [0.1, 0.15) is 0 Å². The van der Waals surface area contributed by atoms with Crippen LogP contribution in [0, 0.1) is 52.4 Å². The number of hydrogen-bond acceptors (Lipinski definition) is 2. The number of hydrogen-bond donors (Lipinski definition) is 0. The van der Waals surface area contributed by atoms with Crippen molar-refractivity contribution in [2.45, 2.75) is 0 Å². The van der Waals surface area contributed by atoms with Crippen LogP contribution in [0.4, 0.5) is 0 Å². The van der Waals surface area contributed by atoms with Crippen molar-refractivity contribution in [3.63, 3.8) is 0 Å². The van der Waals surface area contributed by atoms with Crippen molar-refractivity contribution in [2.75, 3.05) is 0 Å². The Morgan fingerprint density at radius 1 is 0.727 bits per heavy atom. The SMILES string of the molecule is N#C[S-].O.O.O.O.O.O.O.[Ce]. The van der Waals surface area contributed by atoms with Gasteiger partial charge in [0.2, 0.25) is 0 Å². The Morgan fingerprint density at radius 2 is 0.727 bits per heavy atom. The molecule has 11 heavy (non-hydrogen) atoms. The first-order valence-corrected chi connectivity index (χ1v) is 0.836. The van der Waals surface area contributed by atoms with Crippen molar-refractivity contribution in [1.82, 2.24) is 0 Å². The van der Waals surface area contributed by atoms with Gasteiger partial charge in [-0.15, -0.1) is 0 Å². The van der Waals surface area contributed by atoms with Gasteiger partial charge >= 0.3 is 0 Å². The molecule has 0 heterocycles. The maximum absolute atomic E-state index is 7.13. The molecule has 0 aliphatic rings. The molecule has 0 unspecified atom stereocenters. The number of nitriles is 1. The van der Waals surface area contributed by atoms with Gasteiger partial charge in [-0.1, -0.05) is 5.40 Å². The van der Waals surface area contributed by atoms with Crippen LogP contribution < -0.4 is 0 Å². The summed E-state index contributed by atoms with van der Waals surface area (Å²) in [5.41, 5.74) is 0. The Morgan fingerprint density at radius 3 is 0.727 bits per heavy atom. The molecular weight excluding hydrogens is 310 g/mol. The number of thiocyanates is 1. The molecule has 8 nitrogen and oxygen atoms in total. The van der Waals surface area contributed by atoms with Gasteiger partial charge in [0.05, 0.1) is 0 Å². The third kappa shape index (κ3) is 1290. The molecule has 10 heteroatoms. The molecule has 0 saturated carbocycles. The van der Waals surface area contributed by atoms with Gasteiger partial charge in [0.1, 0.15) is 0 Å². The zero-order chi connectivity index (χ0) is 2.71.